The van der Waals surface area contributed by atoms with E-state index in [-0.39, 0.29) is 0 Å². The van der Waals surface area contributed by atoms with Gasteiger partial charge < -0.3 is 21.7 Å². The maximum absolute atomic E-state index is 5.69. The summed E-state index contributed by atoms with van der Waals surface area (Å²) < 4.78 is 0.698. The number of nitrogens with one attached hydrogen (secondary N) is 3. The Labute approximate surface area is 158 Å². The van der Waals surface area contributed by atoms with Crippen LogP contribution in [0.4, 0.5) is 29.2 Å². The number of hydrogen-bond donors (Lipinski definition) is 4. The predicted octanol–water partition coefficient (Wildman–Crippen LogP) is 2.74. The number of halogens is 1. The van der Waals surface area contributed by atoms with Gasteiger partial charge in [-0.05, 0) is 58.2 Å². The van der Waals surface area contributed by atoms with Gasteiger partial charge >= 0.3 is 0 Å². The smallest absolute Gasteiger partial charge is 0.230 e. The van der Waals surface area contributed by atoms with Gasteiger partial charge in [0.25, 0.3) is 0 Å². The Hall–Kier alpha value is -2.78. The first-order valence-corrected chi connectivity index (χ1v) is 8.94. The lowest BCUT2D eigenvalue weighted by Gasteiger charge is -2.18. The van der Waals surface area contributed by atoms with Crippen LogP contribution in [0.1, 0.15) is 11.1 Å². The van der Waals surface area contributed by atoms with E-state index in [0.29, 0.717) is 28.0 Å². The number of rotatable bonds is 4. The number of aromatic nitrogens is 4. The van der Waals surface area contributed by atoms with Crippen LogP contribution >= 0.6 is 15.9 Å². The summed E-state index contributed by atoms with van der Waals surface area (Å²) >= 11 is 3.43. The lowest BCUT2D eigenvalue weighted by molar-refractivity contribution is 0.644. The van der Waals surface area contributed by atoms with Crippen LogP contribution in [0.2, 0.25) is 0 Å². The van der Waals surface area contributed by atoms with Crippen LogP contribution in [-0.4, -0.2) is 26.5 Å². The van der Waals surface area contributed by atoms with Gasteiger partial charge in [-0.15, -0.1) is 0 Å². The van der Waals surface area contributed by atoms with Gasteiger partial charge in [0.2, 0.25) is 11.9 Å². The van der Waals surface area contributed by atoms with Crippen molar-refractivity contribution in [2.24, 2.45) is 0 Å². The molecule has 132 valence electrons. The van der Waals surface area contributed by atoms with E-state index in [1.54, 1.807) is 18.5 Å². The highest BCUT2D eigenvalue weighted by Crippen LogP contribution is 2.25. The van der Waals surface area contributed by atoms with Crippen molar-refractivity contribution >= 4 is 45.1 Å². The van der Waals surface area contributed by atoms with Crippen LogP contribution in [0, 0.1) is 0 Å². The van der Waals surface area contributed by atoms with Gasteiger partial charge in [0.05, 0.1) is 4.47 Å². The highest BCUT2D eigenvalue weighted by Gasteiger charge is 2.11. The van der Waals surface area contributed by atoms with Crippen molar-refractivity contribution in [3.05, 3.63) is 52.3 Å². The summed E-state index contributed by atoms with van der Waals surface area (Å²) in [6.07, 6.45) is 4.31. The van der Waals surface area contributed by atoms with E-state index in [0.717, 1.165) is 25.2 Å². The van der Waals surface area contributed by atoms with Crippen molar-refractivity contribution in [3.8, 4) is 0 Å². The number of nitrogen functional groups attached to an aromatic ring is 1. The minimum atomic E-state index is 0.371. The molecule has 8 nitrogen and oxygen atoms in total. The molecule has 0 atom stereocenters. The molecule has 4 rings (SSSR count). The van der Waals surface area contributed by atoms with Gasteiger partial charge in [0.1, 0.15) is 5.82 Å². The standard InChI is InChI=1S/C17H17BrN8/c18-13-9-22-17(26-15(13)25-16-21-6-4-14(19)24-16)23-12-2-1-10-3-5-20-8-11(10)7-12/h1-2,4,6-7,9,20H,3,5,8H2,(H4,19,21,22,23,24,25,26). The van der Waals surface area contributed by atoms with E-state index >= 15 is 0 Å². The number of hydrogen-bond acceptors (Lipinski definition) is 8. The van der Waals surface area contributed by atoms with Gasteiger partial charge in [-0.2, -0.15) is 9.97 Å². The molecule has 9 heteroatoms. The summed E-state index contributed by atoms with van der Waals surface area (Å²) in [5, 5.41) is 9.66. The maximum atomic E-state index is 5.69. The van der Waals surface area contributed by atoms with Crippen molar-refractivity contribution in [3.63, 3.8) is 0 Å². The fourth-order valence-corrected chi connectivity index (χ4v) is 3.03. The molecule has 0 saturated heterocycles. The van der Waals surface area contributed by atoms with Gasteiger partial charge in [-0.1, -0.05) is 6.07 Å². The molecule has 3 aromatic rings. The topological polar surface area (TPSA) is 114 Å². The maximum Gasteiger partial charge on any atom is 0.230 e. The Morgan fingerprint density at radius 3 is 2.81 bits per heavy atom. The molecule has 1 aromatic carbocycles. The molecule has 0 bridgehead atoms. The van der Waals surface area contributed by atoms with Crippen LogP contribution in [0.3, 0.4) is 0 Å². The fraction of sp³-hybridized carbons (Fsp3) is 0.176. The second-order valence-electron chi connectivity index (χ2n) is 5.86. The van der Waals surface area contributed by atoms with Crippen molar-refractivity contribution in [2.45, 2.75) is 13.0 Å². The highest BCUT2D eigenvalue weighted by atomic mass is 79.9. The molecular formula is C17H17BrN8. The van der Waals surface area contributed by atoms with E-state index in [9.17, 15) is 0 Å². The molecule has 1 aliphatic rings. The lowest BCUT2D eigenvalue weighted by Crippen LogP contribution is -2.23. The first-order chi connectivity index (χ1) is 12.7. The second-order valence-corrected chi connectivity index (χ2v) is 6.71. The van der Waals surface area contributed by atoms with Crippen molar-refractivity contribution in [2.75, 3.05) is 22.9 Å². The molecule has 0 amide bonds. The average Bonchev–Trinajstić information content (AvgIpc) is 2.64. The van der Waals surface area contributed by atoms with Crippen LogP contribution < -0.4 is 21.7 Å². The van der Waals surface area contributed by atoms with Crippen LogP contribution in [0.25, 0.3) is 0 Å². The predicted molar refractivity (Wildman–Crippen MR) is 105 cm³/mol. The third-order valence-electron chi connectivity index (χ3n) is 4.00. The molecule has 0 unspecified atom stereocenters. The summed E-state index contributed by atoms with van der Waals surface area (Å²) in [7, 11) is 0. The number of benzene rings is 1. The van der Waals surface area contributed by atoms with E-state index < -0.39 is 0 Å². The van der Waals surface area contributed by atoms with Gasteiger partial charge in [-0.25, -0.2) is 9.97 Å². The monoisotopic (exact) mass is 412 g/mol. The molecule has 3 heterocycles. The largest absolute Gasteiger partial charge is 0.384 e. The molecule has 0 radical (unpaired) electrons. The van der Waals surface area contributed by atoms with Crippen LogP contribution in [0.5, 0.6) is 0 Å². The Morgan fingerprint density at radius 2 is 1.92 bits per heavy atom. The molecule has 0 aliphatic carbocycles. The number of fused-ring (bicyclic) bond motifs is 1. The summed E-state index contributed by atoms with van der Waals surface area (Å²) in [6, 6.07) is 7.94. The van der Waals surface area contributed by atoms with E-state index in [1.807, 2.05) is 6.07 Å². The molecule has 0 fully saturated rings. The zero-order chi connectivity index (χ0) is 17.9. The number of anilines is 5. The van der Waals surface area contributed by atoms with Crippen LogP contribution in [-0.2, 0) is 13.0 Å². The van der Waals surface area contributed by atoms with Gasteiger partial charge in [-0.3, -0.25) is 0 Å². The summed E-state index contributed by atoms with van der Waals surface area (Å²) in [5.74, 6) is 1.78. The van der Waals surface area contributed by atoms with Crippen molar-refractivity contribution < 1.29 is 0 Å². The molecule has 26 heavy (non-hydrogen) atoms. The minimum Gasteiger partial charge on any atom is -0.384 e. The quantitative estimate of drug-likeness (QED) is 0.517. The first-order valence-electron chi connectivity index (χ1n) is 8.15. The highest BCUT2D eigenvalue weighted by molar-refractivity contribution is 9.10. The molecular weight excluding hydrogens is 396 g/mol. The normalized spacial score (nSPS) is 13.1. The van der Waals surface area contributed by atoms with E-state index in [4.69, 9.17) is 5.73 Å². The SMILES string of the molecule is Nc1ccnc(Nc2nc(Nc3ccc4c(c3)CNCC4)ncc2Br)n1. The number of nitrogens with zero attached hydrogens (tertiary/aromatic N) is 4. The fourth-order valence-electron chi connectivity index (χ4n) is 2.74. The third-order valence-corrected chi connectivity index (χ3v) is 4.58. The third kappa shape index (κ3) is 3.73. The Balaban J connectivity index is 1.56. The zero-order valence-corrected chi connectivity index (χ0v) is 15.4. The molecule has 5 N–H and O–H groups in total. The second kappa shape index (κ2) is 7.22. The molecule has 1 aliphatic heterocycles. The van der Waals surface area contributed by atoms with Crippen molar-refractivity contribution in [1.82, 2.24) is 25.3 Å². The summed E-state index contributed by atoms with van der Waals surface area (Å²) in [4.78, 5) is 17.0. The van der Waals surface area contributed by atoms with Crippen LogP contribution in [0.15, 0.2) is 41.1 Å². The summed E-state index contributed by atoms with van der Waals surface area (Å²) in [6.45, 7) is 1.91. The molecule has 0 spiro atoms. The van der Waals surface area contributed by atoms with Gasteiger partial charge in [0, 0.05) is 24.6 Å². The van der Waals surface area contributed by atoms with Gasteiger partial charge in [0.15, 0.2) is 5.82 Å². The first kappa shape index (κ1) is 16.7. The zero-order valence-electron chi connectivity index (χ0n) is 13.8. The molecule has 0 saturated carbocycles. The van der Waals surface area contributed by atoms with E-state index in [1.165, 1.54) is 11.1 Å². The summed E-state index contributed by atoms with van der Waals surface area (Å²) in [5.41, 5.74) is 9.31. The lowest BCUT2D eigenvalue weighted by atomic mass is 10.0. The molecule has 2 aromatic heterocycles. The Morgan fingerprint density at radius 1 is 1.04 bits per heavy atom. The van der Waals surface area contributed by atoms with Crippen molar-refractivity contribution in [1.29, 1.82) is 0 Å². The minimum absolute atomic E-state index is 0.371. The van der Waals surface area contributed by atoms with E-state index in [2.05, 4.69) is 63.9 Å². The number of nitrogens with two attached hydrogens (primary N) is 1. The Bertz CT molecular complexity index is 946. The average molecular weight is 413 g/mol. The Kier molecular flexibility index (Phi) is 4.63.